The molecule has 1 aliphatic rings. The number of amides is 1. The quantitative estimate of drug-likeness (QED) is 0.421. The van der Waals surface area contributed by atoms with E-state index in [0.717, 1.165) is 19.5 Å². The van der Waals surface area contributed by atoms with Crippen molar-refractivity contribution in [3.05, 3.63) is 52.8 Å². The van der Waals surface area contributed by atoms with Crippen LogP contribution in [0.5, 0.6) is 11.5 Å². The van der Waals surface area contributed by atoms with Gasteiger partial charge in [0.25, 0.3) is 5.91 Å². The molecule has 2 atom stereocenters. The van der Waals surface area contributed by atoms with Crippen LogP contribution in [0.4, 0.5) is 10.1 Å². The number of anilines is 1. The highest BCUT2D eigenvalue weighted by Gasteiger charge is 2.31. The van der Waals surface area contributed by atoms with Gasteiger partial charge in [-0.05, 0) is 43.2 Å². The maximum atomic E-state index is 12.9. The van der Waals surface area contributed by atoms with Crippen LogP contribution in [0, 0.1) is 5.82 Å². The van der Waals surface area contributed by atoms with Crippen molar-refractivity contribution < 1.29 is 23.8 Å². The minimum atomic E-state index is -0.424. The molecule has 1 aliphatic heterocycles. The third-order valence-corrected chi connectivity index (χ3v) is 5.65. The zero-order valence-electron chi connectivity index (χ0n) is 17.3. The Bertz CT molecular complexity index is 897. The number of nitrogens with zero attached hydrogens (tertiary/aromatic N) is 1. The van der Waals surface area contributed by atoms with Crippen LogP contribution in [0.25, 0.3) is 0 Å². The molecule has 7 nitrogen and oxygen atoms in total. The van der Waals surface area contributed by atoms with Gasteiger partial charge in [-0.2, -0.15) is 0 Å². The van der Waals surface area contributed by atoms with Gasteiger partial charge in [0.15, 0.2) is 0 Å². The molecule has 0 unspecified atom stereocenters. The van der Waals surface area contributed by atoms with Gasteiger partial charge in [0.1, 0.15) is 17.3 Å². The van der Waals surface area contributed by atoms with Crippen molar-refractivity contribution in [3.8, 4) is 11.5 Å². The number of phenols is 1. The molecule has 31 heavy (non-hydrogen) atoms. The number of carbonyl (C=O) groups excluding carboxylic acids is 1. The number of likely N-dealkylation sites (tertiary alicyclic amines) is 1. The normalized spacial score (nSPS) is 19.2. The van der Waals surface area contributed by atoms with Crippen LogP contribution < -0.4 is 15.8 Å². The largest absolute Gasteiger partial charge is 0.507 e. The number of nitrogen functional groups attached to an aromatic ring is 1. The van der Waals surface area contributed by atoms with Gasteiger partial charge in [0.05, 0.1) is 35.0 Å². The molecule has 0 aromatic heterocycles. The molecule has 1 saturated heterocycles. The molecular weight excluding hydrogens is 425 g/mol. The summed E-state index contributed by atoms with van der Waals surface area (Å²) in [6, 6.07) is 8.39. The Morgan fingerprint density at radius 2 is 2.10 bits per heavy atom. The molecule has 0 saturated carbocycles. The Hall–Kier alpha value is -2.55. The van der Waals surface area contributed by atoms with E-state index >= 15 is 0 Å². The molecule has 1 heterocycles. The topological polar surface area (TPSA) is 97.1 Å². The van der Waals surface area contributed by atoms with Crippen LogP contribution in [0.1, 0.15) is 23.2 Å². The summed E-state index contributed by atoms with van der Waals surface area (Å²) >= 11 is 5.98. The van der Waals surface area contributed by atoms with E-state index in [2.05, 4.69) is 10.2 Å². The van der Waals surface area contributed by atoms with Crippen molar-refractivity contribution in [3.63, 3.8) is 0 Å². The van der Waals surface area contributed by atoms with Gasteiger partial charge >= 0.3 is 0 Å². The van der Waals surface area contributed by atoms with E-state index in [1.165, 1.54) is 24.3 Å². The SMILES string of the molecule is CO[C@H]1CN(CCCOc2ccc(F)cc2)CC[C@H]1NC(=O)c1cc(Cl)c(N)cc1O. The average Bonchev–Trinajstić information content (AvgIpc) is 2.75. The second-order valence-corrected chi connectivity index (χ2v) is 7.90. The smallest absolute Gasteiger partial charge is 0.255 e. The first kappa shape index (κ1) is 23.1. The number of ether oxygens (including phenoxy) is 2. The third-order valence-electron chi connectivity index (χ3n) is 5.32. The first-order chi connectivity index (χ1) is 14.9. The van der Waals surface area contributed by atoms with Gasteiger partial charge in [-0.1, -0.05) is 11.6 Å². The van der Waals surface area contributed by atoms with Crippen LogP contribution in [0.3, 0.4) is 0 Å². The summed E-state index contributed by atoms with van der Waals surface area (Å²) in [4.78, 5) is 14.9. The van der Waals surface area contributed by atoms with Gasteiger partial charge in [0.2, 0.25) is 0 Å². The summed E-state index contributed by atoms with van der Waals surface area (Å²) in [7, 11) is 1.61. The molecule has 1 fully saturated rings. The Labute approximate surface area is 185 Å². The van der Waals surface area contributed by atoms with E-state index in [-0.39, 0.29) is 40.0 Å². The van der Waals surface area contributed by atoms with Crippen LogP contribution in [0.15, 0.2) is 36.4 Å². The van der Waals surface area contributed by atoms with Gasteiger partial charge in [-0.3, -0.25) is 4.79 Å². The molecule has 4 N–H and O–H groups in total. The number of nitrogens with one attached hydrogen (secondary N) is 1. The Balaban J connectivity index is 1.47. The van der Waals surface area contributed by atoms with Crippen molar-refractivity contribution in [2.75, 3.05) is 39.1 Å². The highest BCUT2D eigenvalue weighted by Crippen LogP contribution is 2.28. The molecule has 0 aliphatic carbocycles. The van der Waals surface area contributed by atoms with Crippen LogP contribution >= 0.6 is 11.6 Å². The van der Waals surface area contributed by atoms with Gasteiger partial charge in [0, 0.05) is 32.8 Å². The zero-order chi connectivity index (χ0) is 22.4. The summed E-state index contributed by atoms with van der Waals surface area (Å²) in [5.41, 5.74) is 5.94. The second-order valence-electron chi connectivity index (χ2n) is 7.49. The van der Waals surface area contributed by atoms with Crippen molar-refractivity contribution in [2.24, 2.45) is 0 Å². The molecule has 9 heteroatoms. The molecule has 168 valence electrons. The lowest BCUT2D eigenvalue weighted by Gasteiger charge is -2.38. The molecule has 0 spiro atoms. The lowest BCUT2D eigenvalue weighted by Crippen LogP contribution is -2.55. The molecular formula is C22H27ClFN3O4. The third kappa shape index (κ3) is 6.22. The molecule has 1 amide bonds. The Morgan fingerprint density at radius 1 is 1.35 bits per heavy atom. The maximum absolute atomic E-state index is 12.9. The number of hydrogen-bond acceptors (Lipinski definition) is 6. The standard InChI is InChI=1S/C22H27ClFN3O4/c1-30-21-13-27(8-2-10-31-15-5-3-14(24)4-6-15)9-7-19(21)26-22(29)16-11-17(23)18(25)12-20(16)28/h3-6,11-12,19,21,28H,2,7-10,13,25H2,1H3,(H,26,29)/t19-,21+/m1/s1. The molecule has 0 bridgehead atoms. The number of benzene rings is 2. The predicted octanol–water partition coefficient (Wildman–Crippen LogP) is 3.06. The highest BCUT2D eigenvalue weighted by molar-refractivity contribution is 6.33. The summed E-state index contributed by atoms with van der Waals surface area (Å²) < 4.78 is 24.2. The Kier molecular flexibility index (Phi) is 7.95. The maximum Gasteiger partial charge on any atom is 0.255 e. The van der Waals surface area contributed by atoms with Crippen molar-refractivity contribution in [1.29, 1.82) is 0 Å². The van der Waals surface area contributed by atoms with E-state index in [9.17, 15) is 14.3 Å². The van der Waals surface area contributed by atoms with E-state index in [1.54, 1.807) is 19.2 Å². The molecule has 0 radical (unpaired) electrons. The number of hydrogen-bond donors (Lipinski definition) is 3. The first-order valence-corrected chi connectivity index (χ1v) is 10.5. The van der Waals surface area contributed by atoms with Gasteiger partial charge < -0.3 is 30.5 Å². The van der Waals surface area contributed by atoms with Crippen LogP contribution in [0.2, 0.25) is 5.02 Å². The summed E-state index contributed by atoms with van der Waals surface area (Å²) in [5.74, 6) is -0.286. The van der Waals surface area contributed by atoms with Gasteiger partial charge in [-0.25, -0.2) is 4.39 Å². The van der Waals surface area contributed by atoms with E-state index in [1.807, 2.05) is 0 Å². The van der Waals surface area contributed by atoms with E-state index < -0.39 is 5.91 Å². The number of nitrogens with two attached hydrogens (primary N) is 1. The lowest BCUT2D eigenvalue weighted by molar-refractivity contribution is 0.00527. The fourth-order valence-electron chi connectivity index (χ4n) is 3.60. The fraction of sp³-hybridized carbons (Fsp3) is 0.409. The number of aromatic hydroxyl groups is 1. The summed E-state index contributed by atoms with van der Waals surface area (Å²) in [6.07, 6.45) is 1.32. The summed E-state index contributed by atoms with van der Waals surface area (Å²) in [6.45, 7) is 2.79. The van der Waals surface area contributed by atoms with Crippen LogP contribution in [-0.4, -0.2) is 61.4 Å². The molecule has 2 aromatic carbocycles. The minimum Gasteiger partial charge on any atom is -0.507 e. The second kappa shape index (κ2) is 10.7. The number of halogens is 2. The minimum absolute atomic E-state index is 0.0782. The number of carbonyl (C=O) groups is 1. The lowest BCUT2D eigenvalue weighted by atomic mass is 10.0. The average molecular weight is 452 g/mol. The predicted molar refractivity (Wildman–Crippen MR) is 117 cm³/mol. The number of phenolic OH excluding ortho intramolecular Hbond substituents is 1. The zero-order valence-corrected chi connectivity index (χ0v) is 18.1. The number of methoxy groups -OCH3 is 1. The van der Waals surface area contributed by atoms with Crippen molar-refractivity contribution in [1.82, 2.24) is 10.2 Å². The van der Waals surface area contributed by atoms with E-state index in [0.29, 0.717) is 25.3 Å². The molecule has 3 rings (SSSR count). The van der Waals surface area contributed by atoms with E-state index in [4.69, 9.17) is 26.8 Å². The van der Waals surface area contributed by atoms with Crippen molar-refractivity contribution in [2.45, 2.75) is 25.0 Å². The number of rotatable bonds is 8. The fourth-order valence-corrected chi connectivity index (χ4v) is 3.77. The van der Waals surface area contributed by atoms with Crippen LogP contribution in [-0.2, 0) is 4.74 Å². The van der Waals surface area contributed by atoms with Gasteiger partial charge in [-0.15, -0.1) is 0 Å². The number of piperidine rings is 1. The van der Waals surface area contributed by atoms with Crippen molar-refractivity contribution >= 4 is 23.2 Å². The Morgan fingerprint density at radius 3 is 2.81 bits per heavy atom. The molecule has 2 aromatic rings. The summed E-state index contributed by atoms with van der Waals surface area (Å²) in [5, 5.41) is 13.2. The monoisotopic (exact) mass is 451 g/mol. The highest BCUT2D eigenvalue weighted by atomic mass is 35.5. The first-order valence-electron chi connectivity index (χ1n) is 10.1.